The number of ether oxygens (including phenoxy) is 1. The van der Waals surface area contributed by atoms with Gasteiger partial charge in [-0.05, 0) is 67.4 Å². The number of halogens is 1. The third kappa shape index (κ3) is 4.93. The van der Waals surface area contributed by atoms with E-state index in [1.54, 1.807) is 12.1 Å². The molecule has 0 saturated heterocycles. The summed E-state index contributed by atoms with van der Waals surface area (Å²) >= 11 is 7.45. The van der Waals surface area contributed by atoms with Crippen LogP contribution < -0.4 is 10.1 Å². The molecule has 0 radical (unpaired) electrons. The van der Waals surface area contributed by atoms with Crippen LogP contribution in [0.4, 0.5) is 5.69 Å². The van der Waals surface area contributed by atoms with Crippen LogP contribution in [0.2, 0.25) is 5.02 Å². The van der Waals surface area contributed by atoms with E-state index in [1.807, 2.05) is 55.5 Å². The van der Waals surface area contributed by atoms with Crippen molar-refractivity contribution in [2.75, 3.05) is 11.1 Å². The molecule has 2 heterocycles. The van der Waals surface area contributed by atoms with Crippen LogP contribution in [0, 0.1) is 13.8 Å². The second kappa shape index (κ2) is 9.49. The molecule has 1 aromatic heterocycles. The number of nitrogens with zero attached hydrogens (tertiary/aromatic N) is 2. The molecule has 34 heavy (non-hydrogen) atoms. The van der Waals surface area contributed by atoms with Crippen molar-refractivity contribution in [2.24, 2.45) is 0 Å². The lowest BCUT2D eigenvalue weighted by molar-refractivity contribution is -0.113. The van der Waals surface area contributed by atoms with Crippen LogP contribution in [0.25, 0.3) is 11.4 Å². The number of hydrogen-bond donors (Lipinski definition) is 1. The van der Waals surface area contributed by atoms with Crippen molar-refractivity contribution in [2.45, 2.75) is 25.3 Å². The molecule has 7 heteroatoms. The highest BCUT2D eigenvalue weighted by molar-refractivity contribution is 8.00. The summed E-state index contributed by atoms with van der Waals surface area (Å²) in [7, 11) is 0. The van der Waals surface area contributed by atoms with Gasteiger partial charge in [0.05, 0.1) is 11.3 Å². The molecule has 0 unspecified atom stereocenters. The lowest BCUT2D eigenvalue weighted by atomic mass is 10.0. The first-order valence-corrected chi connectivity index (χ1v) is 12.2. The van der Waals surface area contributed by atoms with Crippen molar-refractivity contribution < 1.29 is 9.53 Å². The third-order valence-corrected chi connectivity index (χ3v) is 6.73. The molecule has 3 aromatic carbocycles. The number of aryl methyl sites for hydroxylation is 2. The maximum absolute atomic E-state index is 12.7. The molecule has 0 aliphatic carbocycles. The van der Waals surface area contributed by atoms with Gasteiger partial charge in [-0.3, -0.25) is 4.79 Å². The molecule has 1 aliphatic rings. The number of thioether (sulfide) groups is 1. The normalized spacial score (nSPS) is 11.9. The van der Waals surface area contributed by atoms with Crippen LogP contribution in [0.1, 0.15) is 22.3 Å². The van der Waals surface area contributed by atoms with Gasteiger partial charge in [0.1, 0.15) is 10.8 Å². The third-order valence-electron chi connectivity index (χ3n) is 5.47. The highest BCUT2D eigenvalue weighted by Crippen LogP contribution is 2.40. The Balaban J connectivity index is 1.45. The molecule has 0 saturated carbocycles. The summed E-state index contributed by atoms with van der Waals surface area (Å²) in [5, 5.41) is 4.34. The molecule has 1 N–H and O–H groups in total. The molecule has 1 aliphatic heterocycles. The Morgan fingerprint density at radius 3 is 2.62 bits per heavy atom. The number of amides is 1. The van der Waals surface area contributed by atoms with E-state index in [2.05, 4.69) is 18.3 Å². The van der Waals surface area contributed by atoms with Gasteiger partial charge in [-0.15, -0.1) is 0 Å². The van der Waals surface area contributed by atoms with E-state index in [0.717, 1.165) is 44.3 Å². The summed E-state index contributed by atoms with van der Waals surface area (Å²) < 4.78 is 6.18. The standard InChI is InChI=1S/C27H22ClN3O2S/c1-16-4-3-5-21(13-16)29-24(32)15-34-27-22-14-19-12-17(2)6-11-23(19)33-26(22)30-25(31-27)18-7-9-20(28)10-8-18/h3-13H,14-15H2,1-2H3,(H,29,32). The maximum atomic E-state index is 12.7. The average Bonchev–Trinajstić information content (AvgIpc) is 2.81. The van der Waals surface area contributed by atoms with Crippen LogP contribution in [-0.2, 0) is 11.2 Å². The van der Waals surface area contributed by atoms with Crippen LogP contribution >= 0.6 is 23.4 Å². The lowest BCUT2D eigenvalue weighted by Gasteiger charge is -2.22. The summed E-state index contributed by atoms with van der Waals surface area (Å²) in [6.07, 6.45) is 0.648. The zero-order chi connectivity index (χ0) is 23.7. The van der Waals surface area contributed by atoms with E-state index < -0.39 is 0 Å². The topological polar surface area (TPSA) is 64.1 Å². The smallest absolute Gasteiger partial charge is 0.234 e. The zero-order valence-electron chi connectivity index (χ0n) is 18.8. The monoisotopic (exact) mass is 487 g/mol. The van der Waals surface area contributed by atoms with Crippen LogP contribution in [0.15, 0.2) is 71.8 Å². The molecule has 0 atom stereocenters. The Morgan fingerprint density at radius 1 is 1.03 bits per heavy atom. The van der Waals surface area contributed by atoms with Gasteiger partial charge < -0.3 is 10.1 Å². The predicted molar refractivity (Wildman–Crippen MR) is 137 cm³/mol. The Hall–Kier alpha value is -3.35. The predicted octanol–water partition coefficient (Wildman–Crippen LogP) is 6.84. The first kappa shape index (κ1) is 22.4. The Morgan fingerprint density at radius 2 is 1.82 bits per heavy atom. The molecule has 4 aromatic rings. The highest BCUT2D eigenvalue weighted by Gasteiger charge is 2.25. The SMILES string of the molecule is Cc1cccc(NC(=O)CSc2nc(-c3ccc(Cl)cc3)nc3c2Cc2cc(C)ccc2O3)c1. The Labute approximate surface area is 207 Å². The van der Waals surface area contributed by atoms with Gasteiger partial charge >= 0.3 is 0 Å². The molecule has 1 amide bonds. The minimum atomic E-state index is -0.0935. The van der Waals surface area contributed by atoms with Gasteiger partial charge in [0, 0.05) is 22.7 Å². The summed E-state index contributed by atoms with van der Waals surface area (Å²) in [5.74, 6) is 1.99. The Bertz CT molecular complexity index is 1390. The molecule has 0 bridgehead atoms. The lowest BCUT2D eigenvalue weighted by Crippen LogP contribution is -2.15. The zero-order valence-corrected chi connectivity index (χ0v) is 20.3. The number of rotatable bonds is 5. The average molecular weight is 488 g/mol. The fourth-order valence-electron chi connectivity index (χ4n) is 3.82. The minimum Gasteiger partial charge on any atom is -0.438 e. The van der Waals surface area contributed by atoms with Crippen molar-refractivity contribution in [3.05, 3.63) is 94.0 Å². The second-order valence-corrected chi connectivity index (χ2v) is 9.64. The summed E-state index contributed by atoms with van der Waals surface area (Å²) in [5.41, 5.74) is 5.84. The molecule has 5 rings (SSSR count). The van der Waals surface area contributed by atoms with Crippen LogP contribution in [-0.4, -0.2) is 21.6 Å². The number of hydrogen-bond acceptors (Lipinski definition) is 5. The van der Waals surface area contributed by atoms with Crippen molar-refractivity contribution in [3.8, 4) is 23.0 Å². The quantitative estimate of drug-likeness (QED) is 0.217. The number of aromatic nitrogens is 2. The maximum Gasteiger partial charge on any atom is 0.234 e. The molecular formula is C27H22ClN3O2S. The number of carbonyl (C=O) groups is 1. The van der Waals surface area contributed by atoms with E-state index in [1.165, 1.54) is 11.8 Å². The number of nitrogens with one attached hydrogen (secondary N) is 1. The molecule has 170 valence electrons. The van der Waals surface area contributed by atoms with E-state index in [9.17, 15) is 4.79 Å². The summed E-state index contributed by atoms with van der Waals surface area (Å²) in [6, 6.07) is 21.2. The van der Waals surface area contributed by atoms with Crippen molar-refractivity contribution in [1.82, 2.24) is 9.97 Å². The van der Waals surface area contributed by atoms with Crippen LogP contribution in [0.5, 0.6) is 11.6 Å². The van der Waals surface area contributed by atoms with Gasteiger partial charge in [0.25, 0.3) is 0 Å². The number of benzene rings is 3. The van der Waals surface area contributed by atoms with E-state index in [-0.39, 0.29) is 11.7 Å². The molecule has 5 nitrogen and oxygen atoms in total. The van der Waals surface area contributed by atoms with Gasteiger partial charge in [0.2, 0.25) is 11.8 Å². The Kier molecular flexibility index (Phi) is 6.26. The first-order chi connectivity index (χ1) is 16.4. The van der Waals surface area contributed by atoms with E-state index in [4.69, 9.17) is 26.3 Å². The molecular weight excluding hydrogens is 466 g/mol. The number of carbonyl (C=O) groups excluding carboxylic acids is 1. The van der Waals surface area contributed by atoms with Crippen molar-refractivity contribution in [1.29, 1.82) is 0 Å². The largest absolute Gasteiger partial charge is 0.438 e. The fraction of sp³-hybridized carbons (Fsp3) is 0.148. The summed E-state index contributed by atoms with van der Waals surface area (Å²) in [4.78, 5) is 22.2. The van der Waals surface area contributed by atoms with Gasteiger partial charge in [-0.2, -0.15) is 4.98 Å². The van der Waals surface area contributed by atoms with Gasteiger partial charge in [0.15, 0.2) is 5.82 Å². The minimum absolute atomic E-state index is 0.0935. The number of anilines is 1. The highest BCUT2D eigenvalue weighted by atomic mass is 35.5. The fourth-order valence-corrected chi connectivity index (χ4v) is 4.77. The van der Waals surface area contributed by atoms with E-state index in [0.29, 0.717) is 23.1 Å². The van der Waals surface area contributed by atoms with Gasteiger partial charge in [-0.1, -0.05) is 53.2 Å². The van der Waals surface area contributed by atoms with E-state index >= 15 is 0 Å². The number of fused-ring (bicyclic) bond motifs is 2. The first-order valence-electron chi connectivity index (χ1n) is 10.9. The molecule has 0 fully saturated rings. The second-order valence-electron chi connectivity index (χ2n) is 8.24. The van der Waals surface area contributed by atoms with Crippen molar-refractivity contribution >= 4 is 35.0 Å². The van der Waals surface area contributed by atoms with Crippen LogP contribution in [0.3, 0.4) is 0 Å². The van der Waals surface area contributed by atoms with Gasteiger partial charge in [-0.25, -0.2) is 4.98 Å². The van der Waals surface area contributed by atoms with Crippen molar-refractivity contribution in [3.63, 3.8) is 0 Å². The molecule has 0 spiro atoms. The summed E-state index contributed by atoms with van der Waals surface area (Å²) in [6.45, 7) is 4.05.